The third-order valence-corrected chi connectivity index (χ3v) is 3.21. The van der Waals surface area contributed by atoms with Crippen molar-refractivity contribution in [2.45, 2.75) is 39.7 Å². The zero-order valence-corrected chi connectivity index (χ0v) is 11.9. The van der Waals surface area contributed by atoms with Gasteiger partial charge in [0.05, 0.1) is 5.54 Å². The maximum absolute atomic E-state index is 12.3. The average molecular weight is 245 g/mol. The van der Waals surface area contributed by atoms with Crippen LogP contribution >= 0.6 is 0 Å². The van der Waals surface area contributed by atoms with Gasteiger partial charge < -0.3 is 4.90 Å². The van der Waals surface area contributed by atoms with E-state index in [1.54, 1.807) is 6.92 Å². The molecule has 0 radical (unpaired) electrons. The Hall–Kier alpha value is -1.57. The van der Waals surface area contributed by atoms with Crippen molar-refractivity contribution in [2.75, 3.05) is 6.54 Å². The van der Waals surface area contributed by atoms with Gasteiger partial charge in [0, 0.05) is 12.1 Å². The van der Waals surface area contributed by atoms with E-state index in [1.807, 2.05) is 23.1 Å². The molecule has 0 N–H and O–H groups in total. The van der Waals surface area contributed by atoms with Crippen LogP contribution in [-0.2, 0) is 10.3 Å². The van der Waals surface area contributed by atoms with Gasteiger partial charge in [0.15, 0.2) is 0 Å². The Morgan fingerprint density at radius 1 is 1.28 bits per heavy atom. The van der Waals surface area contributed by atoms with Gasteiger partial charge in [0.1, 0.15) is 0 Å². The highest BCUT2D eigenvalue weighted by molar-refractivity contribution is 5.92. The predicted molar refractivity (Wildman–Crippen MR) is 76.3 cm³/mol. The molecule has 0 aromatic heterocycles. The maximum Gasteiger partial charge on any atom is 0.249 e. The van der Waals surface area contributed by atoms with Crippen LogP contribution in [0.1, 0.15) is 39.7 Å². The Morgan fingerprint density at radius 2 is 1.83 bits per heavy atom. The summed E-state index contributed by atoms with van der Waals surface area (Å²) in [4.78, 5) is 14.2. The van der Waals surface area contributed by atoms with Crippen LogP contribution < -0.4 is 0 Å². The smallest absolute Gasteiger partial charge is 0.249 e. The lowest BCUT2D eigenvalue weighted by Crippen LogP contribution is -2.46. The van der Waals surface area contributed by atoms with Crippen molar-refractivity contribution in [3.8, 4) is 0 Å². The molecule has 0 unspecified atom stereocenters. The van der Waals surface area contributed by atoms with E-state index in [9.17, 15) is 4.79 Å². The van der Waals surface area contributed by atoms with Gasteiger partial charge >= 0.3 is 0 Å². The van der Waals surface area contributed by atoms with E-state index in [1.165, 1.54) is 0 Å². The van der Waals surface area contributed by atoms with Gasteiger partial charge in [-0.05, 0) is 32.8 Å². The van der Waals surface area contributed by atoms with Crippen molar-refractivity contribution in [1.82, 2.24) is 4.90 Å². The summed E-state index contributed by atoms with van der Waals surface area (Å²) in [6.45, 7) is 12.5. The number of carbonyl (C=O) groups is 1. The number of rotatable bonds is 5. The van der Waals surface area contributed by atoms with Crippen molar-refractivity contribution >= 4 is 5.91 Å². The van der Waals surface area contributed by atoms with Crippen LogP contribution in [-0.4, -0.2) is 17.4 Å². The Kier molecular flexibility index (Phi) is 4.71. The van der Waals surface area contributed by atoms with Gasteiger partial charge in [0.2, 0.25) is 5.91 Å². The molecule has 1 amide bonds. The summed E-state index contributed by atoms with van der Waals surface area (Å²) in [5.74, 6) is 0.0331. The molecule has 98 valence electrons. The second kappa shape index (κ2) is 5.85. The van der Waals surface area contributed by atoms with Crippen LogP contribution in [0.5, 0.6) is 0 Å². The van der Waals surface area contributed by atoms with Gasteiger partial charge in [-0.2, -0.15) is 0 Å². The zero-order chi connectivity index (χ0) is 13.8. The highest BCUT2D eigenvalue weighted by Gasteiger charge is 2.31. The lowest BCUT2D eigenvalue weighted by Gasteiger charge is -2.39. The normalized spacial score (nSPS) is 11.1. The van der Waals surface area contributed by atoms with E-state index >= 15 is 0 Å². The summed E-state index contributed by atoms with van der Waals surface area (Å²) in [5, 5.41) is 0. The van der Waals surface area contributed by atoms with E-state index < -0.39 is 0 Å². The molecule has 2 heteroatoms. The SMILES string of the molecule is C=C(C)C(=O)N(CCC)C(C)(C)c1ccccc1. The van der Waals surface area contributed by atoms with E-state index in [-0.39, 0.29) is 11.4 Å². The fourth-order valence-corrected chi connectivity index (χ4v) is 2.09. The Bertz CT molecular complexity index is 420. The van der Waals surface area contributed by atoms with Crippen LogP contribution in [0.2, 0.25) is 0 Å². The summed E-state index contributed by atoms with van der Waals surface area (Å²) < 4.78 is 0. The van der Waals surface area contributed by atoms with Gasteiger partial charge in [-0.15, -0.1) is 0 Å². The molecule has 0 heterocycles. The van der Waals surface area contributed by atoms with E-state index in [0.29, 0.717) is 5.57 Å². The first-order valence-corrected chi connectivity index (χ1v) is 6.44. The van der Waals surface area contributed by atoms with E-state index in [0.717, 1.165) is 18.5 Å². The molecule has 2 nitrogen and oxygen atoms in total. The molecule has 0 fully saturated rings. The highest BCUT2D eigenvalue weighted by Crippen LogP contribution is 2.28. The summed E-state index contributed by atoms with van der Waals surface area (Å²) >= 11 is 0. The Balaban J connectivity index is 3.12. The first-order valence-electron chi connectivity index (χ1n) is 6.44. The Labute approximate surface area is 110 Å². The number of carbonyl (C=O) groups excluding carboxylic acids is 1. The van der Waals surface area contributed by atoms with Crippen LogP contribution in [0.15, 0.2) is 42.5 Å². The first kappa shape index (κ1) is 14.5. The summed E-state index contributed by atoms with van der Waals surface area (Å²) in [6.07, 6.45) is 0.940. The lowest BCUT2D eigenvalue weighted by atomic mass is 9.91. The number of nitrogens with zero attached hydrogens (tertiary/aromatic N) is 1. The van der Waals surface area contributed by atoms with Crippen molar-refractivity contribution in [1.29, 1.82) is 0 Å². The second-order valence-corrected chi connectivity index (χ2v) is 5.16. The van der Waals surface area contributed by atoms with E-state index in [4.69, 9.17) is 0 Å². The molecule has 0 saturated carbocycles. The molecule has 18 heavy (non-hydrogen) atoms. The fraction of sp³-hybridized carbons (Fsp3) is 0.438. The molecule has 1 aromatic carbocycles. The number of amides is 1. The third kappa shape index (κ3) is 3.00. The molecule has 1 aromatic rings. The minimum atomic E-state index is -0.312. The predicted octanol–water partition coefficient (Wildman–Crippen LogP) is 3.74. The fourth-order valence-electron chi connectivity index (χ4n) is 2.09. The molecule has 0 saturated heterocycles. The van der Waals surface area contributed by atoms with Crippen LogP contribution in [0.3, 0.4) is 0 Å². The van der Waals surface area contributed by atoms with Crippen molar-refractivity contribution < 1.29 is 4.79 Å². The third-order valence-electron chi connectivity index (χ3n) is 3.21. The monoisotopic (exact) mass is 245 g/mol. The summed E-state index contributed by atoms with van der Waals surface area (Å²) in [6, 6.07) is 10.1. The largest absolute Gasteiger partial charge is 0.330 e. The molecule has 0 aliphatic heterocycles. The van der Waals surface area contributed by atoms with Crippen LogP contribution in [0, 0.1) is 0 Å². The lowest BCUT2D eigenvalue weighted by molar-refractivity contribution is -0.132. The quantitative estimate of drug-likeness (QED) is 0.724. The van der Waals surface area contributed by atoms with Gasteiger partial charge in [-0.3, -0.25) is 4.79 Å². The summed E-state index contributed by atoms with van der Waals surface area (Å²) in [7, 11) is 0. The van der Waals surface area contributed by atoms with Crippen molar-refractivity contribution in [2.24, 2.45) is 0 Å². The van der Waals surface area contributed by atoms with Gasteiger partial charge in [-0.1, -0.05) is 43.8 Å². The van der Waals surface area contributed by atoms with E-state index in [2.05, 4.69) is 39.5 Å². The topological polar surface area (TPSA) is 20.3 Å². The average Bonchev–Trinajstić information content (AvgIpc) is 2.36. The minimum Gasteiger partial charge on any atom is -0.330 e. The molecule has 0 aliphatic rings. The molecule has 1 rings (SSSR count). The minimum absolute atomic E-state index is 0.0331. The van der Waals surface area contributed by atoms with Gasteiger partial charge in [0.25, 0.3) is 0 Å². The number of hydrogen-bond acceptors (Lipinski definition) is 1. The molecule has 0 spiro atoms. The van der Waals surface area contributed by atoms with Crippen LogP contribution in [0.25, 0.3) is 0 Å². The second-order valence-electron chi connectivity index (χ2n) is 5.16. The zero-order valence-electron chi connectivity index (χ0n) is 11.9. The molecular formula is C16H23NO. The first-order chi connectivity index (χ1) is 8.41. The maximum atomic E-state index is 12.3. The van der Waals surface area contributed by atoms with Crippen molar-refractivity contribution in [3.63, 3.8) is 0 Å². The molecular weight excluding hydrogens is 222 g/mol. The number of hydrogen-bond donors (Lipinski definition) is 0. The highest BCUT2D eigenvalue weighted by atomic mass is 16.2. The molecule has 0 bridgehead atoms. The summed E-state index contributed by atoms with van der Waals surface area (Å²) in [5.41, 5.74) is 1.42. The van der Waals surface area contributed by atoms with Crippen LogP contribution in [0.4, 0.5) is 0 Å². The Morgan fingerprint density at radius 3 is 2.28 bits per heavy atom. The standard InChI is InChI=1S/C16H23NO/c1-6-12-17(15(18)13(2)3)16(4,5)14-10-8-7-9-11-14/h7-11H,2,6,12H2,1,3-5H3. The molecule has 0 atom stereocenters. The van der Waals surface area contributed by atoms with Crippen molar-refractivity contribution in [3.05, 3.63) is 48.0 Å². The molecule has 0 aliphatic carbocycles. The van der Waals surface area contributed by atoms with Gasteiger partial charge in [-0.25, -0.2) is 0 Å². The number of benzene rings is 1.